The van der Waals surface area contributed by atoms with Crippen LogP contribution in [0.2, 0.25) is 0 Å². The average Bonchev–Trinajstić information content (AvgIpc) is 2.74. The van der Waals surface area contributed by atoms with Crippen LogP contribution in [0.3, 0.4) is 0 Å². The molecule has 2 aromatic rings. The summed E-state index contributed by atoms with van der Waals surface area (Å²) in [6.45, 7) is 0. The molecule has 0 spiro atoms. The van der Waals surface area contributed by atoms with Gasteiger partial charge in [-0.3, -0.25) is 0 Å². The smallest absolute Gasteiger partial charge is 0.180 e. The lowest BCUT2D eigenvalue weighted by molar-refractivity contribution is 0.399. The number of anilines is 1. The number of hydrogen-bond acceptors (Lipinski definition) is 5. The van der Waals surface area contributed by atoms with Crippen molar-refractivity contribution in [2.24, 2.45) is 0 Å². The largest absolute Gasteiger partial charge is 0.497 e. The van der Waals surface area contributed by atoms with Gasteiger partial charge in [-0.25, -0.2) is 4.98 Å². The van der Waals surface area contributed by atoms with Crippen LogP contribution in [-0.2, 0) is 6.42 Å². The molecule has 0 saturated heterocycles. The fourth-order valence-electron chi connectivity index (χ4n) is 1.61. The van der Waals surface area contributed by atoms with E-state index >= 15 is 0 Å². The summed E-state index contributed by atoms with van der Waals surface area (Å²) in [6, 6.07) is 5.75. The van der Waals surface area contributed by atoms with Crippen molar-refractivity contribution in [1.82, 2.24) is 4.98 Å². The maximum Gasteiger partial charge on any atom is 0.180 e. The first-order valence-corrected chi connectivity index (χ1v) is 5.95. The van der Waals surface area contributed by atoms with E-state index in [1.54, 1.807) is 20.4 Å². The van der Waals surface area contributed by atoms with Gasteiger partial charge in [-0.15, -0.1) is 11.3 Å². The van der Waals surface area contributed by atoms with Crippen LogP contribution in [0.5, 0.6) is 11.5 Å². The predicted molar refractivity (Wildman–Crippen MR) is 68.9 cm³/mol. The maximum absolute atomic E-state index is 5.61. The summed E-state index contributed by atoms with van der Waals surface area (Å²) < 4.78 is 10.5. The molecule has 2 rings (SSSR count). The number of benzene rings is 1. The number of nitrogen functional groups attached to an aromatic ring is 1. The van der Waals surface area contributed by atoms with Crippen LogP contribution in [-0.4, -0.2) is 19.2 Å². The molecule has 5 heteroatoms. The molecule has 90 valence electrons. The third-order valence-electron chi connectivity index (χ3n) is 2.42. The van der Waals surface area contributed by atoms with Gasteiger partial charge in [-0.1, -0.05) is 0 Å². The number of thiazole rings is 1. The summed E-state index contributed by atoms with van der Waals surface area (Å²) >= 11 is 1.49. The molecule has 17 heavy (non-hydrogen) atoms. The third-order valence-corrected chi connectivity index (χ3v) is 3.25. The highest BCUT2D eigenvalue weighted by Crippen LogP contribution is 2.28. The second-order valence-corrected chi connectivity index (χ2v) is 4.67. The lowest BCUT2D eigenvalue weighted by Gasteiger charge is -2.09. The van der Waals surface area contributed by atoms with Crippen molar-refractivity contribution in [3.63, 3.8) is 0 Å². The van der Waals surface area contributed by atoms with Gasteiger partial charge in [-0.2, -0.15) is 0 Å². The molecule has 0 amide bonds. The average molecular weight is 250 g/mol. The van der Waals surface area contributed by atoms with E-state index in [-0.39, 0.29) is 0 Å². The SMILES string of the molecule is COc1ccc(OC)c(Cc2cnc(N)s2)c1. The molecule has 4 nitrogen and oxygen atoms in total. The first-order valence-electron chi connectivity index (χ1n) is 5.14. The van der Waals surface area contributed by atoms with Crippen molar-refractivity contribution in [3.8, 4) is 11.5 Å². The zero-order chi connectivity index (χ0) is 12.3. The van der Waals surface area contributed by atoms with Gasteiger partial charge in [0.1, 0.15) is 11.5 Å². The van der Waals surface area contributed by atoms with E-state index in [2.05, 4.69) is 4.98 Å². The van der Waals surface area contributed by atoms with E-state index in [0.29, 0.717) is 5.13 Å². The van der Waals surface area contributed by atoms with Gasteiger partial charge >= 0.3 is 0 Å². The normalized spacial score (nSPS) is 10.2. The molecule has 0 aliphatic carbocycles. The Morgan fingerprint density at radius 1 is 1.29 bits per heavy atom. The molecule has 1 aromatic carbocycles. The second-order valence-electron chi connectivity index (χ2n) is 3.52. The van der Waals surface area contributed by atoms with Gasteiger partial charge in [0.2, 0.25) is 0 Å². The predicted octanol–water partition coefficient (Wildman–Crippen LogP) is 2.33. The Kier molecular flexibility index (Phi) is 3.49. The van der Waals surface area contributed by atoms with Crippen LogP contribution < -0.4 is 15.2 Å². The van der Waals surface area contributed by atoms with Crippen molar-refractivity contribution in [2.45, 2.75) is 6.42 Å². The quantitative estimate of drug-likeness (QED) is 0.904. The van der Waals surface area contributed by atoms with Crippen LogP contribution in [0.25, 0.3) is 0 Å². The number of rotatable bonds is 4. The minimum atomic E-state index is 0.585. The number of ether oxygens (including phenoxy) is 2. The van der Waals surface area contributed by atoms with Gasteiger partial charge in [0.05, 0.1) is 14.2 Å². The van der Waals surface area contributed by atoms with E-state index in [4.69, 9.17) is 15.2 Å². The van der Waals surface area contributed by atoms with E-state index in [1.165, 1.54) is 11.3 Å². The molecule has 0 fully saturated rings. The van der Waals surface area contributed by atoms with Crippen LogP contribution in [0.4, 0.5) is 5.13 Å². The summed E-state index contributed by atoms with van der Waals surface area (Å²) in [5.74, 6) is 1.66. The number of nitrogens with two attached hydrogens (primary N) is 1. The van der Waals surface area contributed by atoms with E-state index in [0.717, 1.165) is 28.4 Å². The first-order chi connectivity index (χ1) is 8.22. The second kappa shape index (κ2) is 5.05. The van der Waals surface area contributed by atoms with E-state index in [1.807, 2.05) is 18.2 Å². The fourth-order valence-corrected chi connectivity index (χ4v) is 2.32. The molecule has 0 radical (unpaired) electrons. The first kappa shape index (κ1) is 11.7. The lowest BCUT2D eigenvalue weighted by atomic mass is 10.1. The zero-order valence-corrected chi connectivity index (χ0v) is 10.6. The molecule has 1 heterocycles. The van der Waals surface area contributed by atoms with Crippen molar-refractivity contribution < 1.29 is 9.47 Å². The molecule has 0 bridgehead atoms. The summed E-state index contributed by atoms with van der Waals surface area (Å²) in [4.78, 5) is 5.14. The standard InChI is InChI=1S/C12H14N2O2S/c1-15-9-3-4-11(16-2)8(5-9)6-10-7-14-12(13)17-10/h3-5,7H,6H2,1-2H3,(H2,13,14). The van der Waals surface area contributed by atoms with Crippen LogP contribution >= 0.6 is 11.3 Å². The molecule has 1 aromatic heterocycles. The minimum Gasteiger partial charge on any atom is -0.497 e. The topological polar surface area (TPSA) is 57.4 Å². The lowest BCUT2D eigenvalue weighted by Crippen LogP contribution is -1.94. The molecular formula is C12H14N2O2S. The van der Waals surface area contributed by atoms with E-state index < -0.39 is 0 Å². The third kappa shape index (κ3) is 2.68. The monoisotopic (exact) mass is 250 g/mol. The highest BCUT2D eigenvalue weighted by molar-refractivity contribution is 7.15. The number of methoxy groups -OCH3 is 2. The maximum atomic E-state index is 5.61. The summed E-state index contributed by atoms with van der Waals surface area (Å²) in [6.07, 6.45) is 2.54. The highest BCUT2D eigenvalue weighted by atomic mass is 32.1. The number of hydrogen-bond donors (Lipinski definition) is 1. The Bertz CT molecular complexity index is 511. The summed E-state index contributed by atoms with van der Waals surface area (Å²) in [7, 11) is 3.31. The van der Waals surface area contributed by atoms with E-state index in [9.17, 15) is 0 Å². The molecule has 0 saturated carbocycles. The van der Waals surface area contributed by atoms with Crippen LogP contribution in [0.1, 0.15) is 10.4 Å². The molecular weight excluding hydrogens is 236 g/mol. The van der Waals surface area contributed by atoms with Gasteiger partial charge in [0, 0.05) is 23.1 Å². The molecule has 0 atom stereocenters. The van der Waals surface area contributed by atoms with Gasteiger partial charge in [0.15, 0.2) is 5.13 Å². The van der Waals surface area contributed by atoms with Crippen molar-refractivity contribution in [3.05, 3.63) is 34.8 Å². The molecule has 2 N–H and O–H groups in total. The van der Waals surface area contributed by atoms with Gasteiger partial charge < -0.3 is 15.2 Å². The number of aromatic nitrogens is 1. The Balaban J connectivity index is 2.29. The van der Waals surface area contributed by atoms with Crippen molar-refractivity contribution in [1.29, 1.82) is 0 Å². The van der Waals surface area contributed by atoms with Gasteiger partial charge in [0.25, 0.3) is 0 Å². The molecule has 0 aliphatic rings. The van der Waals surface area contributed by atoms with Crippen molar-refractivity contribution in [2.75, 3.05) is 20.0 Å². The van der Waals surface area contributed by atoms with Crippen molar-refractivity contribution >= 4 is 16.5 Å². The number of nitrogens with zero attached hydrogens (tertiary/aromatic N) is 1. The van der Waals surface area contributed by atoms with Crippen LogP contribution in [0, 0.1) is 0 Å². The zero-order valence-electron chi connectivity index (χ0n) is 9.77. The van der Waals surface area contributed by atoms with Gasteiger partial charge in [-0.05, 0) is 18.2 Å². The Hall–Kier alpha value is -1.75. The fraction of sp³-hybridized carbons (Fsp3) is 0.250. The Labute approximate surface area is 104 Å². The summed E-state index contributed by atoms with van der Waals surface area (Å²) in [5, 5.41) is 0.585. The molecule has 0 unspecified atom stereocenters. The molecule has 0 aliphatic heterocycles. The minimum absolute atomic E-state index is 0.585. The Morgan fingerprint density at radius 3 is 2.71 bits per heavy atom. The Morgan fingerprint density at radius 2 is 2.12 bits per heavy atom. The van der Waals surface area contributed by atoms with Crippen LogP contribution in [0.15, 0.2) is 24.4 Å². The highest BCUT2D eigenvalue weighted by Gasteiger charge is 2.08. The summed E-state index contributed by atoms with van der Waals surface area (Å²) in [5.41, 5.74) is 6.68.